The zero-order valence-electron chi connectivity index (χ0n) is 8.13. The summed E-state index contributed by atoms with van der Waals surface area (Å²) in [5.41, 5.74) is -0.534. The number of hydrogen-bond acceptors (Lipinski definition) is 3. The van der Waals surface area contributed by atoms with Gasteiger partial charge in [-0.3, -0.25) is 4.79 Å². The first-order valence-electron chi connectivity index (χ1n) is 4.46. The number of rotatable bonds is 4. The van der Waals surface area contributed by atoms with Crippen LogP contribution in [0.3, 0.4) is 0 Å². The highest BCUT2D eigenvalue weighted by atomic mass is 35.5. The molecule has 0 aliphatic heterocycles. The first-order chi connectivity index (χ1) is 7.06. The molecule has 0 aromatic carbocycles. The number of H-pyrrole nitrogens is 1. The van der Waals surface area contributed by atoms with Crippen LogP contribution in [0.2, 0.25) is 5.02 Å². The van der Waals surface area contributed by atoms with Crippen molar-refractivity contribution in [1.82, 2.24) is 4.98 Å². The minimum Gasteiger partial charge on any atom is -0.478 e. The molecule has 0 bridgehead atoms. The third-order valence-electron chi connectivity index (χ3n) is 1.78. The van der Waals surface area contributed by atoms with Crippen molar-refractivity contribution in [3.8, 4) is 0 Å². The fourth-order valence-corrected chi connectivity index (χ4v) is 1.22. The second-order valence-corrected chi connectivity index (χ2v) is 3.37. The van der Waals surface area contributed by atoms with Crippen molar-refractivity contribution in [2.45, 2.75) is 13.3 Å². The first kappa shape index (κ1) is 11.6. The largest absolute Gasteiger partial charge is 0.478 e. The van der Waals surface area contributed by atoms with Crippen LogP contribution < -0.4 is 10.9 Å². The molecule has 0 unspecified atom stereocenters. The molecule has 1 rings (SSSR count). The molecule has 15 heavy (non-hydrogen) atoms. The number of anilines is 1. The highest BCUT2D eigenvalue weighted by molar-refractivity contribution is 6.30. The van der Waals surface area contributed by atoms with Crippen molar-refractivity contribution in [3.63, 3.8) is 0 Å². The van der Waals surface area contributed by atoms with Gasteiger partial charge in [-0.25, -0.2) is 4.79 Å². The monoisotopic (exact) mass is 230 g/mol. The number of carboxylic acids is 1. The van der Waals surface area contributed by atoms with Crippen LogP contribution in [0, 0.1) is 0 Å². The van der Waals surface area contributed by atoms with Crippen LogP contribution in [0.5, 0.6) is 0 Å². The molecule has 0 aliphatic rings. The summed E-state index contributed by atoms with van der Waals surface area (Å²) in [7, 11) is 0. The maximum Gasteiger partial charge on any atom is 0.339 e. The van der Waals surface area contributed by atoms with Gasteiger partial charge >= 0.3 is 5.97 Å². The highest BCUT2D eigenvalue weighted by Crippen LogP contribution is 2.14. The van der Waals surface area contributed by atoms with Gasteiger partial charge in [0, 0.05) is 6.54 Å². The standard InChI is InChI=1S/C9H11ClN2O3/c1-2-3-11-7-5(9(14)15)4-6(10)8(13)12-7/h4H,2-3H2,1H3,(H,14,15)(H2,11,12,13). The smallest absolute Gasteiger partial charge is 0.339 e. The van der Waals surface area contributed by atoms with Crippen LogP contribution >= 0.6 is 11.6 Å². The molecule has 0 spiro atoms. The lowest BCUT2D eigenvalue weighted by Crippen LogP contribution is -2.16. The van der Waals surface area contributed by atoms with Crippen molar-refractivity contribution >= 4 is 23.4 Å². The molecule has 0 aliphatic carbocycles. The van der Waals surface area contributed by atoms with Gasteiger partial charge in [-0.15, -0.1) is 0 Å². The number of pyridine rings is 1. The Kier molecular flexibility index (Phi) is 3.74. The van der Waals surface area contributed by atoms with Crippen LogP contribution in [0.1, 0.15) is 23.7 Å². The molecule has 1 aromatic rings. The van der Waals surface area contributed by atoms with Crippen LogP contribution in [0.25, 0.3) is 0 Å². The Balaban J connectivity index is 3.16. The van der Waals surface area contributed by atoms with Crippen molar-refractivity contribution in [3.05, 3.63) is 27.0 Å². The van der Waals surface area contributed by atoms with Crippen LogP contribution in [0.4, 0.5) is 5.82 Å². The summed E-state index contributed by atoms with van der Waals surface area (Å²) in [6.45, 7) is 2.51. The number of halogens is 1. The van der Waals surface area contributed by atoms with Gasteiger partial charge in [-0.2, -0.15) is 0 Å². The summed E-state index contributed by atoms with van der Waals surface area (Å²) in [6, 6.07) is 1.14. The van der Waals surface area contributed by atoms with E-state index >= 15 is 0 Å². The van der Waals surface area contributed by atoms with E-state index in [0.717, 1.165) is 12.5 Å². The van der Waals surface area contributed by atoms with Crippen LogP contribution in [0.15, 0.2) is 10.9 Å². The van der Waals surface area contributed by atoms with Gasteiger partial charge < -0.3 is 15.4 Å². The first-order valence-corrected chi connectivity index (χ1v) is 4.84. The summed E-state index contributed by atoms with van der Waals surface area (Å²) >= 11 is 5.53. The fraction of sp³-hybridized carbons (Fsp3) is 0.333. The molecule has 0 fully saturated rings. The maximum absolute atomic E-state index is 11.2. The minimum atomic E-state index is -1.13. The summed E-state index contributed by atoms with van der Waals surface area (Å²) in [5.74, 6) is -0.939. The Bertz CT molecular complexity index is 428. The van der Waals surface area contributed by atoms with Gasteiger partial charge in [-0.05, 0) is 12.5 Å². The number of carbonyl (C=O) groups is 1. The third kappa shape index (κ3) is 2.73. The minimum absolute atomic E-state index is 0.0342. The number of hydrogen-bond donors (Lipinski definition) is 3. The Labute approximate surface area is 91.1 Å². The van der Waals surface area contributed by atoms with E-state index in [2.05, 4.69) is 10.3 Å². The molecule has 1 aromatic heterocycles. The number of nitrogens with one attached hydrogen (secondary N) is 2. The van der Waals surface area contributed by atoms with Crippen molar-refractivity contribution in [1.29, 1.82) is 0 Å². The SMILES string of the molecule is CCCNc1[nH]c(=O)c(Cl)cc1C(=O)O. The third-order valence-corrected chi connectivity index (χ3v) is 2.06. The fourth-order valence-electron chi connectivity index (χ4n) is 1.06. The number of aromatic amines is 1. The van der Waals surface area contributed by atoms with Crippen molar-refractivity contribution in [2.24, 2.45) is 0 Å². The topological polar surface area (TPSA) is 82.2 Å². The predicted octanol–water partition coefficient (Wildman–Crippen LogP) is 1.55. The van der Waals surface area contributed by atoms with Gasteiger partial charge in [0.2, 0.25) is 0 Å². The molecule has 0 saturated heterocycles. The van der Waals surface area contributed by atoms with Crippen LogP contribution in [-0.4, -0.2) is 22.6 Å². The van der Waals surface area contributed by atoms with E-state index in [0.29, 0.717) is 6.54 Å². The van der Waals surface area contributed by atoms with E-state index in [1.54, 1.807) is 0 Å². The van der Waals surface area contributed by atoms with Crippen LogP contribution in [-0.2, 0) is 0 Å². The second-order valence-electron chi connectivity index (χ2n) is 2.97. The molecule has 82 valence electrons. The van der Waals surface area contributed by atoms with E-state index < -0.39 is 11.5 Å². The molecule has 0 amide bonds. The average Bonchev–Trinajstić information content (AvgIpc) is 2.19. The number of aromatic nitrogens is 1. The summed E-state index contributed by atoms with van der Waals surface area (Å²) in [5, 5.41) is 11.5. The molecule has 1 heterocycles. The molecule has 0 radical (unpaired) electrons. The summed E-state index contributed by atoms with van der Waals surface area (Å²) < 4.78 is 0. The maximum atomic E-state index is 11.2. The van der Waals surface area contributed by atoms with E-state index in [9.17, 15) is 9.59 Å². The quantitative estimate of drug-likeness (QED) is 0.733. The van der Waals surface area contributed by atoms with E-state index in [4.69, 9.17) is 16.7 Å². The van der Waals surface area contributed by atoms with Gasteiger partial charge in [0.05, 0.1) is 0 Å². The van der Waals surface area contributed by atoms with Gasteiger partial charge in [0.15, 0.2) is 0 Å². The molecule has 0 atom stereocenters. The number of aromatic carboxylic acids is 1. The number of carboxylic acid groups (broad SMARTS) is 1. The highest BCUT2D eigenvalue weighted by Gasteiger charge is 2.12. The zero-order chi connectivity index (χ0) is 11.4. The van der Waals surface area contributed by atoms with E-state index in [-0.39, 0.29) is 16.4 Å². The lowest BCUT2D eigenvalue weighted by molar-refractivity contribution is 0.0697. The van der Waals surface area contributed by atoms with Gasteiger partial charge in [0.25, 0.3) is 5.56 Å². The lowest BCUT2D eigenvalue weighted by atomic mass is 10.2. The van der Waals surface area contributed by atoms with Gasteiger partial charge in [-0.1, -0.05) is 18.5 Å². The Morgan fingerprint density at radius 1 is 1.67 bits per heavy atom. The lowest BCUT2D eigenvalue weighted by Gasteiger charge is -2.07. The molecule has 5 nitrogen and oxygen atoms in total. The molecular formula is C9H11ClN2O3. The Morgan fingerprint density at radius 3 is 2.87 bits per heavy atom. The average molecular weight is 231 g/mol. The summed E-state index contributed by atoms with van der Waals surface area (Å²) in [4.78, 5) is 24.4. The van der Waals surface area contributed by atoms with Gasteiger partial charge in [0.1, 0.15) is 16.4 Å². The molecule has 6 heteroatoms. The second kappa shape index (κ2) is 4.84. The normalized spacial score (nSPS) is 10.0. The Morgan fingerprint density at radius 2 is 2.33 bits per heavy atom. The Hall–Kier alpha value is -1.49. The van der Waals surface area contributed by atoms with E-state index in [1.807, 2.05) is 6.92 Å². The molecule has 0 saturated carbocycles. The molecule has 3 N–H and O–H groups in total. The van der Waals surface area contributed by atoms with E-state index in [1.165, 1.54) is 0 Å². The zero-order valence-corrected chi connectivity index (χ0v) is 8.89. The predicted molar refractivity (Wildman–Crippen MR) is 57.8 cm³/mol. The summed E-state index contributed by atoms with van der Waals surface area (Å²) in [6.07, 6.45) is 0.823. The molecular weight excluding hydrogens is 220 g/mol. The van der Waals surface area contributed by atoms with Crippen molar-refractivity contribution < 1.29 is 9.90 Å². The van der Waals surface area contributed by atoms with Crippen molar-refractivity contribution in [2.75, 3.05) is 11.9 Å².